The lowest BCUT2D eigenvalue weighted by molar-refractivity contribution is -0.136. The molecule has 0 bridgehead atoms. The SMILES string of the molecule is CC(C)(C)Cc1ccccc1N(COC=O)CC(=O)O. The van der Waals surface area contributed by atoms with Crippen LogP contribution in [-0.4, -0.2) is 30.8 Å². The molecule has 0 aromatic heterocycles. The average Bonchev–Trinajstić information content (AvgIpc) is 2.33. The summed E-state index contributed by atoms with van der Waals surface area (Å²) in [4.78, 5) is 22.8. The third kappa shape index (κ3) is 5.30. The summed E-state index contributed by atoms with van der Waals surface area (Å²) in [5.41, 5.74) is 1.90. The quantitative estimate of drug-likeness (QED) is 0.612. The van der Waals surface area contributed by atoms with E-state index in [1.54, 1.807) is 0 Å². The molecule has 0 radical (unpaired) electrons. The molecule has 1 aromatic rings. The number of nitrogens with zero attached hydrogens (tertiary/aromatic N) is 1. The maximum absolute atomic E-state index is 11.0. The van der Waals surface area contributed by atoms with Crippen LogP contribution in [0.1, 0.15) is 26.3 Å². The van der Waals surface area contributed by atoms with Gasteiger partial charge >= 0.3 is 5.97 Å². The molecule has 0 amide bonds. The van der Waals surface area contributed by atoms with Gasteiger partial charge in [0.1, 0.15) is 6.54 Å². The van der Waals surface area contributed by atoms with Gasteiger partial charge in [-0.05, 0) is 23.5 Å². The predicted molar refractivity (Wildman–Crippen MR) is 76.6 cm³/mol. The van der Waals surface area contributed by atoms with Crippen LogP contribution in [0.3, 0.4) is 0 Å². The highest BCUT2D eigenvalue weighted by atomic mass is 16.5. The van der Waals surface area contributed by atoms with E-state index in [-0.39, 0.29) is 18.7 Å². The van der Waals surface area contributed by atoms with Gasteiger partial charge in [-0.15, -0.1) is 0 Å². The number of carbonyl (C=O) groups excluding carboxylic acids is 1. The summed E-state index contributed by atoms with van der Waals surface area (Å²) in [6, 6.07) is 7.58. The maximum atomic E-state index is 11.0. The summed E-state index contributed by atoms with van der Waals surface area (Å²) < 4.78 is 4.72. The molecule has 0 aliphatic rings. The second-order valence-corrected chi connectivity index (χ2v) is 5.85. The zero-order valence-corrected chi connectivity index (χ0v) is 12.1. The van der Waals surface area contributed by atoms with Crippen LogP contribution in [0.5, 0.6) is 0 Å². The van der Waals surface area contributed by atoms with E-state index in [4.69, 9.17) is 9.84 Å². The molecule has 0 fully saturated rings. The van der Waals surface area contributed by atoms with Crippen molar-refractivity contribution in [3.05, 3.63) is 29.8 Å². The Bertz CT molecular complexity index is 465. The monoisotopic (exact) mass is 279 g/mol. The van der Waals surface area contributed by atoms with Gasteiger partial charge in [-0.2, -0.15) is 0 Å². The van der Waals surface area contributed by atoms with Crippen LogP contribution < -0.4 is 4.90 Å². The second-order valence-electron chi connectivity index (χ2n) is 5.85. The minimum atomic E-state index is -0.968. The zero-order valence-electron chi connectivity index (χ0n) is 12.1. The number of carboxylic acids is 1. The number of para-hydroxylation sites is 1. The number of benzene rings is 1. The van der Waals surface area contributed by atoms with Crippen molar-refractivity contribution in [2.24, 2.45) is 5.41 Å². The minimum absolute atomic E-state index is 0.0725. The van der Waals surface area contributed by atoms with Crippen LogP contribution in [-0.2, 0) is 20.7 Å². The minimum Gasteiger partial charge on any atom is -0.480 e. The van der Waals surface area contributed by atoms with E-state index in [1.165, 1.54) is 4.90 Å². The third-order valence-electron chi connectivity index (χ3n) is 2.68. The molecule has 0 saturated carbocycles. The molecule has 1 aromatic carbocycles. The van der Waals surface area contributed by atoms with Crippen LogP contribution in [0.2, 0.25) is 0 Å². The molecular formula is C15H21NO4. The summed E-state index contributed by atoms with van der Waals surface area (Å²) in [5.74, 6) is -0.968. The highest BCUT2D eigenvalue weighted by Crippen LogP contribution is 2.28. The van der Waals surface area contributed by atoms with Crippen molar-refractivity contribution in [3.8, 4) is 0 Å². The smallest absolute Gasteiger partial charge is 0.323 e. The Morgan fingerprint density at radius 3 is 2.55 bits per heavy atom. The van der Waals surface area contributed by atoms with Crippen LogP contribution in [0, 0.1) is 5.41 Å². The van der Waals surface area contributed by atoms with Gasteiger partial charge in [-0.1, -0.05) is 39.0 Å². The van der Waals surface area contributed by atoms with E-state index in [2.05, 4.69) is 20.8 Å². The fraction of sp³-hybridized carbons (Fsp3) is 0.467. The number of hydrogen-bond acceptors (Lipinski definition) is 4. The first kappa shape index (κ1) is 16.0. The molecule has 110 valence electrons. The van der Waals surface area contributed by atoms with Crippen molar-refractivity contribution < 1.29 is 19.4 Å². The van der Waals surface area contributed by atoms with Gasteiger partial charge in [0, 0.05) is 5.69 Å². The highest BCUT2D eigenvalue weighted by molar-refractivity contribution is 5.74. The summed E-state index contributed by atoms with van der Waals surface area (Å²) in [5, 5.41) is 8.98. The molecule has 5 heteroatoms. The fourth-order valence-corrected chi connectivity index (χ4v) is 2.02. The standard InChI is InChI=1S/C15H21NO4/c1-15(2,3)8-12-6-4-5-7-13(12)16(9-14(18)19)10-20-11-17/h4-7,11H,8-10H2,1-3H3,(H,18,19). The Hall–Kier alpha value is -2.04. The van der Waals surface area contributed by atoms with Gasteiger partial charge in [-0.3, -0.25) is 9.59 Å². The Labute approximate surface area is 119 Å². The van der Waals surface area contributed by atoms with Crippen LogP contribution in [0.4, 0.5) is 5.69 Å². The second kappa shape index (κ2) is 6.93. The van der Waals surface area contributed by atoms with E-state index in [9.17, 15) is 9.59 Å². The molecule has 0 saturated heterocycles. The lowest BCUT2D eigenvalue weighted by Gasteiger charge is -2.27. The van der Waals surface area contributed by atoms with Gasteiger partial charge < -0.3 is 14.7 Å². The molecule has 1 rings (SSSR count). The Kier molecular flexibility index (Phi) is 5.55. The van der Waals surface area contributed by atoms with Gasteiger partial charge in [-0.25, -0.2) is 0 Å². The molecule has 0 aliphatic carbocycles. The van der Waals surface area contributed by atoms with E-state index in [0.29, 0.717) is 6.47 Å². The largest absolute Gasteiger partial charge is 0.480 e. The Balaban J connectivity index is 3.04. The zero-order chi connectivity index (χ0) is 15.2. The van der Waals surface area contributed by atoms with Gasteiger partial charge in [0.25, 0.3) is 6.47 Å². The molecule has 0 spiro atoms. The lowest BCUT2D eigenvalue weighted by Crippen LogP contribution is -2.33. The van der Waals surface area contributed by atoms with E-state index < -0.39 is 5.97 Å². The summed E-state index contributed by atoms with van der Waals surface area (Å²) >= 11 is 0. The van der Waals surface area contributed by atoms with Crippen molar-refractivity contribution in [1.82, 2.24) is 0 Å². The van der Waals surface area contributed by atoms with E-state index >= 15 is 0 Å². The fourth-order valence-electron chi connectivity index (χ4n) is 2.02. The molecular weight excluding hydrogens is 258 g/mol. The van der Waals surface area contributed by atoms with Gasteiger partial charge in [0.2, 0.25) is 0 Å². The van der Waals surface area contributed by atoms with Crippen molar-refractivity contribution in [2.75, 3.05) is 18.2 Å². The number of anilines is 1. The van der Waals surface area contributed by atoms with Crippen molar-refractivity contribution >= 4 is 18.1 Å². The molecule has 0 heterocycles. The van der Waals surface area contributed by atoms with Crippen LogP contribution in [0.15, 0.2) is 24.3 Å². The maximum Gasteiger partial charge on any atom is 0.323 e. The number of ether oxygens (including phenoxy) is 1. The molecule has 5 nitrogen and oxygen atoms in total. The van der Waals surface area contributed by atoms with Gasteiger partial charge in [0.05, 0.1) is 0 Å². The molecule has 0 unspecified atom stereocenters. The number of carboxylic acid groups (broad SMARTS) is 1. The molecule has 0 atom stereocenters. The first-order valence-electron chi connectivity index (χ1n) is 6.43. The molecule has 0 aliphatic heterocycles. The van der Waals surface area contributed by atoms with E-state index in [1.807, 2.05) is 24.3 Å². The van der Waals surface area contributed by atoms with Crippen molar-refractivity contribution in [1.29, 1.82) is 0 Å². The highest BCUT2D eigenvalue weighted by Gasteiger charge is 2.18. The molecule has 20 heavy (non-hydrogen) atoms. The number of hydrogen-bond donors (Lipinski definition) is 1. The summed E-state index contributed by atoms with van der Waals surface area (Å²) in [6.07, 6.45) is 0.806. The summed E-state index contributed by atoms with van der Waals surface area (Å²) in [6.45, 7) is 6.39. The predicted octanol–water partition coefficient (Wildman–Crippen LogP) is 2.30. The van der Waals surface area contributed by atoms with Crippen LogP contribution >= 0.6 is 0 Å². The Morgan fingerprint density at radius 1 is 1.35 bits per heavy atom. The van der Waals surface area contributed by atoms with Crippen molar-refractivity contribution in [3.63, 3.8) is 0 Å². The number of aliphatic carboxylic acids is 1. The third-order valence-corrected chi connectivity index (χ3v) is 2.68. The summed E-state index contributed by atoms with van der Waals surface area (Å²) in [7, 11) is 0. The Morgan fingerprint density at radius 2 is 2.00 bits per heavy atom. The lowest BCUT2D eigenvalue weighted by atomic mass is 9.87. The first-order valence-corrected chi connectivity index (χ1v) is 6.43. The number of rotatable bonds is 7. The molecule has 1 N–H and O–H groups in total. The van der Waals surface area contributed by atoms with E-state index in [0.717, 1.165) is 17.7 Å². The average molecular weight is 279 g/mol. The normalized spacial score (nSPS) is 10.9. The number of carbonyl (C=O) groups is 2. The first-order chi connectivity index (χ1) is 9.33. The van der Waals surface area contributed by atoms with Crippen LogP contribution in [0.25, 0.3) is 0 Å². The van der Waals surface area contributed by atoms with Crippen molar-refractivity contribution in [2.45, 2.75) is 27.2 Å². The van der Waals surface area contributed by atoms with Gasteiger partial charge in [0.15, 0.2) is 6.73 Å². The topological polar surface area (TPSA) is 66.8 Å².